The summed E-state index contributed by atoms with van der Waals surface area (Å²) in [4.78, 5) is 93.9. The van der Waals surface area contributed by atoms with E-state index < -0.39 is 70.2 Å². The van der Waals surface area contributed by atoms with Crippen LogP contribution in [0.25, 0.3) is 0 Å². The number of alkyl carbamates (subject to hydrolysis) is 3. The van der Waals surface area contributed by atoms with Crippen molar-refractivity contribution in [3.8, 4) is 11.8 Å². The van der Waals surface area contributed by atoms with Crippen molar-refractivity contribution in [3.63, 3.8) is 0 Å². The fourth-order valence-electron chi connectivity index (χ4n) is 5.21. The summed E-state index contributed by atoms with van der Waals surface area (Å²) in [7, 11) is 0. The summed E-state index contributed by atoms with van der Waals surface area (Å²) in [6, 6.07) is 0. The first kappa shape index (κ1) is 62.0. The predicted molar refractivity (Wildman–Crippen MR) is 268 cm³/mol. The lowest BCUT2D eigenvalue weighted by Crippen LogP contribution is -2.53. The molecule has 0 fully saturated rings. The Labute approximate surface area is 418 Å². The van der Waals surface area contributed by atoms with Crippen molar-refractivity contribution in [1.29, 1.82) is 5.41 Å². The molecule has 0 atom stereocenters. The second-order valence-electron chi connectivity index (χ2n) is 21.9. The standard InChI is InChI=1S/C48H79N9O12S/c1-43(2,3)64-37(58)52-34(49)32-31-70-33(51-32)27-23-22-26-30-57(42(63)69-48(16,17)18)36(55-40(61)67-46(10,11)12)56(41(62)68-47(13,14)15)29-25-21-19-20-24-28-50-35(53-38(59)65-44(4,5)6)54-39(60)66-45(7,8)9/h31H,19-22,24-26,28-30H2,1-18H3,(H2,49,52,58)(H2,50,53,54,59,60). The van der Waals surface area contributed by atoms with E-state index in [0.29, 0.717) is 37.1 Å². The van der Waals surface area contributed by atoms with Gasteiger partial charge in [0.25, 0.3) is 0 Å². The number of carbonyl (C=O) groups excluding carboxylic acids is 6. The molecule has 70 heavy (non-hydrogen) atoms. The van der Waals surface area contributed by atoms with E-state index in [4.69, 9.17) is 33.8 Å². The average Bonchev–Trinajstić information content (AvgIpc) is 3.59. The quantitative estimate of drug-likeness (QED) is 0.0500. The van der Waals surface area contributed by atoms with Crippen LogP contribution in [-0.4, -0.2) is 122 Å². The maximum Gasteiger partial charge on any atom is 0.437 e. The largest absolute Gasteiger partial charge is 0.444 e. The third-order valence-corrected chi connectivity index (χ3v) is 8.37. The van der Waals surface area contributed by atoms with Crippen LogP contribution in [0.2, 0.25) is 0 Å². The Hall–Kier alpha value is -5.98. The number of aromatic nitrogens is 1. The first-order chi connectivity index (χ1) is 31.8. The van der Waals surface area contributed by atoms with E-state index in [1.54, 1.807) is 130 Å². The minimum Gasteiger partial charge on any atom is -0.444 e. The molecule has 394 valence electrons. The zero-order valence-corrected chi connectivity index (χ0v) is 45.5. The highest BCUT2D eigenvalue weighted by Gasteiger charge is 2.35. The van der Waals surface area contributed by atoms with Gasteiger partial charge in [-0.3, -0.25) is 26.4 Å². The van der Waals surface area contributed by atoms with Gasteiger partial charge < -0.3 is 28.4 Å². The van der Waals surface area contributed by atoms with E-state index in [2.05, 4.69) is 42.8 Å². The van der Waals surface area contributed by atoms with Crippen LogP contribution in [0.4, 0.5) is 28.8 Å². The number of aliphatic imine (C=N–C) groups is 2. The summed E-state index contributed by atoms with van der Waals surface area (Å²) in [5.41, 5.74) is -5.07. The van der Waals surface area contributed by atoms with E-state index in [-0.39, 0.29) is 55.9 Å². The minimum atomic E-state index is -1.06. The van der Waals surface area contributed by atoms with E-state index >= 15 is 0 Å². The second kappa shape index (κ2) is 26.8. The van der Waals surface area contributed by atoms with Crippen molar-refractivity contribution in [1.82, 2.24) is 30.7 Å². The molecule has 0 bridgehead atoms. The summed E-state index contributed by atoms with van der Waals surface area (Å²) in [6.07, 6.45) is -1.91. The van der Waals surface area contributed by atoms with Crippen LogP contribution in [-0.2, 0) is 28.4 Å². The molecule has 0 aliphatic carbocycles. The molecule has 0 aliphatic rings. The Morgan fingerprint density at radius 1 is 0.586 bits per heavy atom. The van der Waals surface area contributed by atoms with Gasteiger partial charge in [-0.1, -0.05) is 25.2 Å². The van der Waals surface area contributed by atoms with Crippen molar-refractivity contribution in [2.75, 3.05) is 19.6 Å². The van der Waals surface area contributed by atoms with Crippen molar-refractivity contribution in [2.45, 2.75) is 203 Å². The van der Waals surface area contributed by atoms with E-state index in [0.717, 1.165) is 9.80 Å². The molecule has 1 heterocycles. The van der Waals surface area contributed by atoms with Gasteiger partial charge >= 0.3 is 36.6 Å². The summed E-state index contributed by atoms with van der Waals surface area (Å²) < 4.78 is 33.0. The molecule has 4 N–H and O–H groups in total. The Morgan fingerprint density at radius 2 is 1.00 bits per heavy atom. The number of hydrogen-bond acceptors (Lipinski definition) is 16. The number of amides is 6. The lowest BCUT2D eigenvalue weighted by Gasteiger charge is -2.34. The number of carbonyl (C=O) groups is 6. The minimum absolute atomic E-state index is 0.0261. The summed E-state index contributed by atoms with van der Waals surface area (Å²) in [5.74, 6) is 5.21. The van der Waals surface area contributed by atoms with Crippen LogP contribution >= 0.6 is 11.3 Å². The van der Waals surface area contributed by atoms with E-state index in [1.165, 1.54) is 11.3 Å². The Morgan fingerprint density at radius 3 is 1.46 bits per heavy atom. The van der Waals surface area contributed by atoms with Crippen LogP contribution < -0.4 is 16.0 Å². The van der Waals surface area contributed by atoms with Gasteiger partial charge in [0.15, 0.2) is 10.8 Å². The number of amidine groups is 1. The molecule has 6 amide bonds. The van der Waals surface area contributed by atoms with Crippen LogP contribution in [0.5, 0.6) is 0 Å². The number of rotatable bonds is 12. The Bertz CT molecular complexity index is 2050. The van der Waals surface area contributed by atoms with Crippen molar-refractivity contribution >= 4 is 65.7 Å². The lowest BCUT2D eigenvalue weighted by atomic mass is 10.1. The van der Waals surface area contributed by atoms with Gasteiger partial charge in [-0.15, -0.1) is 16.3 Å². The highest BCUT2D eigenvalue weighted by Crippen LogP contribution is 2.19. The molecule has 0 aliphatic heterocycles. The smallest absolute Gasteiger partial charge is 0.437 e. The predicted octanol–water partition coefficient (Wildman–Crippen LogP) is 10.2. The SMILES string of the molecule is CC(C)(C)OC(=O)N=C(N(CCCC#Cc1nc(C(=N)NC(=O)OC(C)(C)C)cs1)C(=O)OC(C)(C)C)N(CCCCCCCN=C(NC(=O)OC(C)(C)C)NC(=O)OC(C)(C)C)C(=O)OC(C)(C)C. The van der Waals surface area contributed by atoms with Gasteiger partial charge in [-0.05, 0) is 150 Å². The Kier molecular flexibility index (Phi) is 23.8. The molecule has 0 saturated heterocycles. The van der Waals surface area contributed by atoms with Crippen molar-refractivity contribution in [2.24, 2.45) is 9.98 Å². The number of nitrogens with one attached hydrogen (secondary N) is 4. The third-order valence-electron chi connectivity index (χ3n) is 7.61. The highest BCUT2D eigenvalue weighted by atomic mass is 32.1. The van der Waals surface area contributed by atoms with Crippen molar-refractivity contribution in [3.05, 3.63) is 16.1 Å². The normalized spacial score (nSPS) is 12.2. The molecule has 0 spiro atoms. The topological polar surface area (TPSA) is 262 Å². The molecule has 0 aromatic carbocycles. The lowest BCUT2D eigenvalue weighted by molar-refractivity contribution is 0.0270. The molecule has 1 rings (SSSR count). The van der Waals surface area contributed by atoms with Crippen LogP contribution in [0.1, 0.15) is 180 Å². The molecular formula is C48H79N9O12S. The van der Waals surface area contributed by atoms with Gasteiger partial charge in [0.1, 0.15) is 39.3 Å². The molecule has 1 aromatic rings. The number of ether oxygens (including phenoxy) is 6. The number of thiazole rings is 1. The molecular weight excluding hydrogens is 927 g/mol. The fourth-order valence-corrected chi connectivity index (χ4v) is 5.88. The number of hydrogen-bond donors (Lipinski definition) is 4. The molecule has 0 saturated carbocycles. The van der Waals surface area contributed by atoms with Gasteiger partial charge in [0, 0.05) is 31.4 Å². The van der Waals surface area contributed by atoms with Gasteiger partial charge in [0.05, 0.1) is 0 Å². The molecule has 22 heteroatoms. The maximum absolute atomic E-state index is 14.1. The second-order valence-corrected chi connectivity index (χ2v) is 22.7. The zero-order chi connectivity index (χ0) is 53.9. The van der Waals surface area contributed by atoms with Crippen molar-refractivity contribution < 1.29 is 57.2 Å². The summed E-state index contributed by atoms with van der Waals surface area (Å²) in [5, 5.41) is 17.4. The molecule has 21 nitrogen and oxygen atoms in total. The summed E-state index contributed by atoms with van der Waals surface area (Å²) in [6.45, 7) is 30.5. The zero-order valence-electron chi connectivity index (χ0n) is 44.7. The van der Waals surface area contributed by atoms with Gasteiger partial charge in [0.2, 0.25) is 11.9 Å². The average molecular weight is 1010 g/mol. The monoisotopic (exact) mass is 1010 g/mol. The van der Waals surface area contributed by atoms with E-state index in [1.807, 2.05) is 0 Å². The third kappa shape index (κ3) is 29.8. The Balaban J connectivity index is 3.41. The van der Waals surface area contributed by atoms with Crippen LogP contribution in [0.15, 0.2) is 15.4 Å². The number of guanidine groups is 2. The van der Waals surface area contributed by atoms with E-state index in [9.17, 15) is 28.8 Å². The number of unbranched alkanes of at least 4 members (excludes halogenated alkanes) is 5. The van der Waals surface area contributed by atoms with Gasteiger partial charge in [-0.25, -0.2) is 43.6 Å². The molecule has 1 aromatic heterocycles. The summed E-state index contributed by atoms with van der Waals surface area (Å²) >= 11 is 1.17. The first-order valence-corrected chi connectivity index (χ1v) is 24.1. The van der Waals surface area contributed by atoms with Gasteiger partial charge in [-0.2, -0.15) is 0 Å². The van der Waals surface area contributed by atoms with Crippen LogP contribution in [0.3, 0.4) is 0 Å². The number of nitrogens with zero attached hydrogens (tertiary/aromatic N) is 5. The molecule has 0 radical (unpaired) electrons. The molecule has 0 unspecified atom stereocenters. The highest BCUT2D eigenvalue weighted by molar-refractivity contribution is 7.10. The maximum atomic E-state index is 14.1. The first-order valence-electron chi connectivity index (χ1n) is 23.2. The van der Waals surface area contributed by atoms with Crippen LogP contribution in [0, 0.1) is 17.3 Å². The fraction of sp³-hybridized carbons (Fsp3) is 0.708.